The van der Waals surface area contributed by atoms with Crippen LogP contribution < -0.4 is 82.3 Å². The molecule has 2 aliphatic rings. The molecule has 26 N–H and O–H groups in total. The Morgan fingerprint density at radius 2 is 1.08 bits per heavy atom. The number of rotatable bonds is 45. The van der Waals surface area contributed by atoms with E-state index in [0.29, 0.717) is 28.6 Å². The van der Waals surface area contributed by atoms with Crippen molar-refractivity contribution in [2.75, 3.05) is 26.2 Å². The van der Waals surface area contributed by atoms with Crippen LogP contribution in [0.1, 0.15) is 135 Å². The molecule has 2 aliphatic heterocycles. The molecule has 2 fully saturated rings. The number of carboxylic acid groups (broad SMARTS) is 2. The van der Waals surface area contributed by atoms with Crippen molar-refractivity contribution in [2.45, 2.75) is 209 Å². The number of para-hydroxylation sites is 1. The number of imidazole rings is 1. The number of guanidine groups is 1. The Hall–Kier alpha value is -11.3. The monoisotopic (exact) mass is 1500 g/mol. The molecule has 0 radical (unpaired) electrons. The summed E-state index contributed by atoms with van der Waals surface area (Å²) in [6, 6.07) is -11.4. The van der Waals surface area contributed by atoms with Gasteiger partial charge in [-0.1, -0.05) is 52.3 Å². The van der Waals surface area contributed by atoms with Gasteiger partial charge in [-0.25, -0.2) is 9.78 Å². The van der Waals surface area contributed by atoms with Crippen LogP contribution in [-0.2, 0) is 89.6 Å². The predicted molar refractivity (Wildman–Crippen MR) is 380 cm³/mol. The number of aliphatic carboxylic acids is 2. The zero-order valence-electron chi connectivity index (χ0n) is 60.1. The molecule has 3 aromatic rings. The van der Waals surface area contributed by atoms with Crippen LogP contribution in [0.4, 0.5) is 0 Å². The first-order valence-corrected chi connectivity index (χ1v) is 35.2. The highest BCUT2D eigenvalue weighted by Crippen LogP contribution is 2.25. The molecule has 4 heterocycles. The Bertz CT molecular complexity index is 3700. The minimum absolute atomic E-state index is 0.00205. The van der Waals surface area contributed by atoms with Gasteiger partial charge in [-0.2, -0.15) is 0 Å². The highest BCUT2D eigenvalue weighted by molar-refractivity contribution is 6.01. The number of hydrogen-bond acceptors (Lipinski definition) is 20. The molecule has 0 saturated carbocycles. The van der Waals surface area contributed by atoms with Crippen molar-refractivity contribution < 1.29 is 92.0 Å². The van der Waals surface area contributed by atoms with Crippen molar-refractivity contribution >= 4 is 112 Å². The number of carboxylic acids is 2. The number of benzene rings is 1. The normalized spacial score (nSPS) is 17.1. The Morgan fingerprint density at radius 1 is 0.579 bits per heavy atom. The maximum atomic E-state index is 15.0. The van der Waals surface area contributed by atoms with Crippen LogP contribution in [0, 0.1) is 11.8 Å². The number of aliphatic hydroxyl groups excluding tert-OH is 1. The second kappa shape index (κ2) is 42.0. The topological polar surface area (TPSA) is 662 Å². The predicted octanol–water partition coefficient (Wildman–Crippen LogP) is -6.16. The SMILES string of the molecule is CCC(C)C(NC(=O)C(Cc1c[nH]c2ccccc12)NC(=O)C(CCC(=O)O)NC(=O)C(CC(N)=O)NC(=O)C(N)CO)C(=O)NC(CCC(N)=O)C(=O)N1CCCC1C(=O)NC(CCCN=C(N)N)C(=O)NC(CC(C)C)C(=O)N1CCCC1C(=O)NC(CCC(N)=O)C(=O)NC(Cc1cnc[nH]1)C(=O)O. The molecule has 0 spiro atoms. The molecule has 14 amide bonds. The van der Waals surface area contributed by atoms with E-state index in [0.717, 1.165) is 4.90 Å². The molecule has 0 bridgehead atoms. The highest BCUT2D eigenvalue weighted by atomic mass is 16.4. The first-order chi connectivity index (χ1) is 50.6. The molecular formula is C67H101N21O19. The van der Waals surface area contributed by atoms with Gasteiger partial charge in [0.2, 0.25) is 82.7 Å². The summed E-state index contributed by atoms with van der Waals surface area (Å²) in [6.45, 7) is 5.82. The summed E-state index contributed by atoms with van der Waals surface area (Å²) >= 11 is 0. The second-order valence-corrected chi connectivity index (χ2v) is 26.9. The van der Waals surface area contributed by atoms with Crippen LogP contribution in [0.25, 0.3) is 10.9 Å². The van der Waals surface area contributed by atoms with E-state index >= 15 is 0 Å². The van der Waals surface area contributed by atoms with E-state index in [1.54, 1.807) is 58.2 Å². The third kappa shape index (κ3) is 27.0. The molecule has 107 heavy (non-hydrogen) atoms. The number of primary amides is 3. The number of aliphatic hydroxyl groups is 1. The fraction of sp³-hybridized carbons (Fsp3) is 0.582. The Balaban J connectivity index is 1.40. The van der Waals surface area contributed by atoms with E-state index in [1.165, 1.54) is 17.4 Å². The molecule has 40 heteroatoms. The van der Waals surface area contributed by atoms with Crippen LogP contribution in [0.2, 0.25) is 0 Å². The maximum Gasteiger partial charge on any atom is 0.326 e. The van der Waals surface area contributed by atoms with Crippen molar-refractivity contribution in [2.24, 2.45) is 51.2 Å². The van der Waals surface area contributed by atoms with E-state index < -0.39 is 218 Å². The molecule has 1 aromatic carbocycles. The number of amides is 14. The standard InChI is InChI=1S/C67H101N21O19/c1-5-34(4)54(86-60(100)44(26-35-29-76-39-12-7-6-11-37(35)39)83-57(97)42(18-21-53(93)94)78-59(99)45(28-52(71)92)82-55(95)38(68)31-89)63(103)81-43(17-20-51(70)91)64(104)87-23-9-14-48(87)61(101)79-40(13-8-22-75-67(72)73)56(96)84-46(25-33(2)3)65(105)88-24-10-15-49(88)62(102)80-41(16-19-50(69)90)58(98)85-47(66(106)107)27-36-30-74-32-77-36/h6-7,11-12,29-30,32-34,38,40-49,54,76,89H,5,8-10,13-28,31,68H2,1-4H3,(H2,69,90)(H2,70,91)(H2,71,92)(H,74,77)(H,78,99)(H,79,101)(H,80,102)(H,81,103)(H,82,95)(H,83,97)(H,84,96)(H,85,98)(H,86,100)(H,93,94)(H,106,107)(H4,72,73,75). The molecule has 13 unspecified atom stereocenters. The lowest BCUT2D eigenvalue weighted by Crippen LogP contribution is -2.61. The zero-order valence-corrected chi connectivity index (χ0v) is 60.1. The van der Waals surface area contributed by atoms with Crippen LogP contribution in [0.5, 0.6) is 0 Å². The van der Waals surface area contributed by atoms with Crippen LogP contribution in [0.15, 0.2) is 48.0 Å². The first-order valence-electron chi connectivity index (χ1n) is 35.2. The lowest BCUT2D eigenvalue weighted by atomic mass is 9.96. The van der Waals surface area contributed by atoms with Crippen LogP contribution in [0.3, 0.4) is 0 Å². The average Bonchev–Trinajstić information content (AvgIpc) is 1.74. The van der Waals surface area contributed by atoms with E-state index in [9.17, 15) is 92.0 Å². The van der Waals surface area contributed by atoms with E-state index in [1.807, 2.05) is 0 Å². The largest absolute Gasteiger partial charge is 0.481 e. The van der Waals surface area contributed by atoms with Gasteiger partial charge in [0.25, 0.3) is 0 Å². The third-order valence-corrected chi connectivity index (χ3v) is 18.2. The molecular weight excluding hydrogens is 1400 g/mol. The smallest absolute Gasteiger partial charge is 0.326 e. The van der Waals surface area contributed by atoms with Crippen molar-refractivity contribution in [3.63, 3.8) is 0 Å². The van der Waals surface area contributed by atoms with Gasteiger partial charge in [-0.05, 0) is 87.7 Å². The number of carbonyl (C=O) groups is 16. The zero-order chi connectivity index (χ0) is 79.4. The maximum absolute atomic E-state index is 15.0. The van der Waals surface area contributed by atoms with Gasteiger partial charge in [0, 0.05) is 80.7 Å². The highest BCUT2D eigenvalue weighted by Gasteiger charge is 2.44. The number of carbonyl (C=O) groups excluding carboxylic acids is 14. The number of hydrogen-bond donors (Lipinski definition) is 20. The average molecular weight is 1500 g/mol. The lowest BCUT2D eigenvalue weighted by Gasteiger charge is -2.32. The first kappa shape index (κ1) is 86.3. The summed E-state index contributed by atoms with van der Waals surface area (Å²) in [6.07, 6.45) is 0.576. The van der Waals surface area contributed by atoms with Crippen molar-refractivity contribution in [1.82, 2.24) is 72.6 Å². The van der Waals surface area contributed by atoms with Gasteiger partial charge in [0.15, 0.2) is 5.96 Å². The summed E-state index contributed by atoms with van der Waals surface area (Å²) in [5, 5.41) is 52.4. The number of aromatic nitrogens is 3. The Morgan fingerprint density at radius 3 is 1.62 bits per heavy atom. The summed E-state index contributed by atoms with van der Waals surface area (Å²) in [5.74, 6) is -17.5. The summed E-state index contributed by atoms with van der Waals surface area (Å²) in [5.41, 5.74) is 34.6. The third-order valence-electron chi connectivity index (χ3n) is 18.2. The van der Waals surface area contributed by atoms with Crippen LogP contribution in [-0.4, -0.2) is 239 Å². The molecule has 5 rings (SSSR count). The summed E-state index contributed by atoms with van der Waals surface area (Å²) < 4.78 is 0. The number of aliphatic imine (C=N–C) groups is 1. The molecule has 588 valence electrons. The fourth-order valence-corrected chi connectivity index (χ4v) is 12.3. The number of nitrogens with one attached hydrogen (secondary N) is 11. The quantitative estimate of drug-likeness (QED) is 0.0142. The van der Waals surface area contributed by atoms with Crippen molar-refractivity contribution in [3.8, 4) is 0 Å². The van der Waals surface area contributed by atoms with Gasteiger partial charge >= 0.3 is 11.9 Å². The number of likely N-dealkylation sites (tertiary alicyclic amines) is 2. The summed E-state index contributed by atoms with van der Waals surface area (Å²) in [7, 11) is 0. The molecule has 40 nitrogen and oxygen atoms in total. The van der Waals surface area contributed by atoms with Gasteiger partial charge in [0.1, 0.15) is 72.5 Å². The minimum atomic E-state index is -1.79. The fourth-order valence-electron chi connectivity index (χ4n) is 12.3. The number of nitrogens with zero attached hydrogens (tertiary/aromatic N) is 4. The number of aromatic amines is 2. The van der Waals surface area contributed by atoms with E-state index in [2.05, 4.69) is 67.8 Å². The minimum Gasteiger partial charge on any atom is -0.481 e. The second-order valence-electron chi connectivity index (χ2n) is 26.9. The molecule has 2 aromatic heterocycles. The Kier molecular flexibility index (Phi) is 33.9. The number of fused-ring (bicyclic) bond motifs is 1. The van der Waals surface area contributed by atoms with Gasteiger partial charge in [-0.3, -0.25) is 76.9 Å². The van der Waals surface area contributed by atoms with Gasteiger partial charge < -0.3 is 117 Å². The molecule has 13 atom stereocenters. The van der Waals surface area contributed by atoms with E-state index in [-0.39, 0.29) is 95.7 Å². The summed E-state index contributed by atoms with van der Waals surface area (Å²) in [4.78, 5) is 234. The molecule has 0 aliphatic carbocycles. The number of nitrogens with two attached hydrogens (primary N) is 6. The Labute approximate surface area is 615 Å². The molecule has 2 saturated heterocycles. The lowest BCUT2D eigenvalue weighted by molar-refractivity contribution is -0.144. The van der Waals surface area contributed by atoms with Crippen molar-refractivity contribution in [1.29, 1.82) is 0 Å². The van der Waals surface area contributed by atoms with Gasteiger partial charge in [0.05, 0.1) is 19.4 Å². The van der Waals surface area contributed by atoms with Gasteiger partial charge in [-0.15, -0.1) is 0 Å². The van der Waals surface area contributed by atoms with Crippen LogP contribution >= 0.6 is 0 Å². The number of H-pyrrole nitrogens is 2. The van der Waals surface area contributed by atoms with E-state index in [4.69, 9.17) is 34.4 Å². The van der Waals surface area contributed by atoms with Crippen molar-refractivity contribution in [3.05, 3.63) is 54.2 Å².